The first kappa shape index (κ1) is 16.4. The molecule has 21 heavy (non-hydrogen) atoms. The second-order valence-electron chi connectivity index (χ2n) is 5.30. The Balaban J connectivity index is 2.14. The van der Waals surface area contributed by atoms with Gasteiger partial charge in [-0.05, 0) is 38.0 Å². The van der Waals surface area contributed by atoms with Crippen LogP contribution in [0.4, 0.5) is 5.69 Å². The molecule has 1 saturated carbocycles. The number of hydrogen-bond donors (Lipinski definition) is 1. The van der Waals surface area contributed by atoms with Crippen LogP contribution >= 0.6 is 11.6 Å². The number of nitrogens with one attached hydrogen (secondary N) is 1. The number of hydrogen-bond acceptors (Lipinski definition) is 3. The zero-order chi connectivity index (χ0) is 15.3. The summed E-state index contributed by atoms with van der Waals surface area (Å²) in [6.07, 6.45) is 4.60. The van der Waals surface area contributed by atoms with Crippen molar-refractivity contribution < 1.29 is 13.2 Å². The molecule has 0 bridgehead atoms. The predicted octanol–water partition coefficient (Wildman–Crippen LogP) is 3.90. The van der Waals surface area contributed by atoms with Crippen molar-refractivity contribution in [1.82, 2.24) is 0 Å². The molecule has 6 heteroatoms. The molecule has 2 rings (SSSR count). The summed E-state index contributed by atoms with van der Waals surface area (Å²) < 4.78 is 32.9. The molecule has 1 aliphatic carbocycles. The Hall–Kier alpha value is -0.940. The van der Waals surface area contributed by atoms with Crippen LogP contribution in [0.5, 0.6) is 5.75 Å². The highest BCUT2D eigenvalue weighted by Crippen LogP contribution is 2.28. The maximum absolute atomic E-state index is 12.4. The van der Waals surface area contributed by atoms with Crippen LogP contribution in [0.1, 0.15) is 44.6 Å². The van der Waals surface area contributed by atoms with Crippen molar-refractivity contribution in [3.63, 3.8) is 0 Å². The molecule has 0 amide bonds. The second-order valence-corrected chi connectivity index (χ2v) is 7.52. The van der Waals surface area contributed by atoms with Gasteiger partial charge in [0.2, 0.25) is 10.0 Å². The molecule has 0 aliphatic heterocycles. The number of ether oxygens (including phenoxy) is 1. The average Bonchev–Trinajstić information content (AvgIpc) is 2.49. The summed E-state index contributed by atoms with van der Waals surface area (Å²) in [4.78, 5) is 0. The van der Waals surface area contributed by atoms with Gasteiger partial charge in [0.1, 0.15) is 5.75 Å². The molecule has 1 aromatic rings. The van der Waals surface area contributed by atoms with Crippen LogP contribution in [0, 0.1) is 0 Å². The molecule has 0 aromatic heterocycles. The highest BCUT2D eigenvalue weighted by molar-refractivity contribution is 7.93. The monoisotopic (exact) mass is 331 g/mol. The lowest BCUT2D eigenvalue weighted by atomic mass is 10.0. The quantitative estimate of drug-likeness (QED) is 0.804. The smallest absolute Gasteiger partial charge is 0.235 e. The molecule has 0 unspecified atom stereocenters. The lowest BCUT2D eigenvalue weighted by molar-refractivity contribution is 0.337. The van der Waals surface area contributed by atoms with E-state index in [9.17, 15) is 8.42 Å². The van der Waals surface area contributed by atoms with Gasteiger partial charge in [0, 0.05) is 11.3 Å². The Kier molecular flexibility index (Phi) is 5.76. The van der Waals surface area contributed by atoms with E-state index in [2.05, 4.69) is 4.72 Å². The molecule has 0 heterocycles. The molecule has 0 saturated heterocycles. The molecule has 1 aromatic carbocycles. The van der Waals surface area contributed by atoms with Crippen LogP contribution in [-0.4, -0.2) is 20.3 Å². The number of benzene rings is 1. The van der Waals surface area contributed by atoms with Crippen LogP contribution in [0.25, 0.3) is 0 Å². The number of sulfonamides is 1. The van der Waals surface area contributed by atoms with Crippen molar-refractivity contribution in [1.29, 1.82) is 0 Å². The van der Waals surface area contributed by atoms with Crippen LogP contribution in [0.15, 0.2) is 18.2 Å². The SMILES string of the molecule is CCOc1ccc(NS(=O)(=O)C2CCCCC2)cc1CCl. The average molecular weight is 332 g/mol. The molecule has 0 spiro atoms. The van der Waals surface area contributed by atoms with E-state index in [-0.39, 0.29) is 11.1 Å². The largest absolute Gasteiger partial charge is 0.494 e. The van der Waals surface area contributed by atoms with E-state index in [1.807, 2.05) is 6.92 Å². The van der Waals surface area contributed by atoms with Gasteiger partial charge in [-0.25, -0.2) is 8.42 Å². The lowest BCUT2D eigenvalue weighted by Gasteiger charge is -2.22. The number of alkyl halides is 1. The zero-order valence-corrected chi connectivity index (χ0v) is 13.8. The summed E-state index contributed by atoms with van der Waals surface area (Å²) >= 11 is 5.90. The summed E-state index contributed by atoms with van der Waals surface area (Å²) in [6, 6.07) is 5.24. The van der Waals surface area contributed by atoms with Crippen LogP contribution in [0.3, 0.4) is 0 Å². The molecule has 0 radical (unpaired) electrons. The second kappa shape index (κ2) is 7.36. The molecule has 1 fully saturated rings. The van der Waals surface area contributed by atoms with Gasteiger partial charge in [-0.1, -0.05) is 19.3 Å². The highest BCUT2D eigenvalue weighted by atomic mass is 35.5. The summed E-state index contributed by atoms with van der Waals surface area (Å²) in [7, 11) is -3.32. The summed E-state index contributed by atoms with van der Waals surface area (Å²) in [5.41, 5.74) is 1.35. The van der Waals surface area contributed by atoms with Gasteiger partial charge in [0.15, 0.2) is 0 Å². The van der Waals surface area contributed by atoms with Gasteiger partial charge >= 0.3 is 0 Å². The van der Waals surface area contributed by atoms with E-state index in [4.69, 9.17) is 16.3 Å². The Morgan fingerprint density at radius 1 is 1.29 bits per heavy atom. The Bertz CT molecular complexity index is 568. The number of rotatable bonds is 6. The van der Waals surface area contributed by atoms with E-state index >= 15 is 0 Å². The summed E-state index contributed by atoms with van der Waals surface area (Å²) in [5.74, 6) is 0.988. The normalized spacial score (nSPS) is 16.7. The molecule has 0 atom stereocenters. The van der Waals surface area contributed by atoms with Crippen molar-refractivity contribution >= 4 is 27.3 Å². The summed E-state index contributed by atoms with van der Waals surface area (Å²) in [5, 5.41) is -0.280. The van der Waals surface area contributed by atoms with E-state index in [0.717, 1.165) is 37.7 Å². The fraction of sp³-hybridized carbons (Fsp3) is 0.600. The Labute approximate surface area is 131 Å². The van der Waals surface area contributed by atoms with E-state index in [1.54, 1.807) is 18.2 Å². The fourth-order valence-electron chi connectivity index (χ4n) is 2.67. The minimum atomic E-state index is -3.32. The van der Waals surface area contributed by atoms with Gasteiger partial charge < -0.3 is 4.74 Å². The minimum Gasteiger partial charge on any atom is -0.494 e. The molecule has 1 N–H and O–H groups in total. The standard InChI is InChI=1S/C15H22ClNO3S/c1-2-20-15-9-8-13(10-12(15)11-16)17-21(18,19)14-6-4-3-5-7-14/h8-10,14,17H,2-7,11H2,1H3. The fourth-order valence-corrected chi connectivity index (χ4v) is 4.45. The Morgan fingerprint density at radius 2 is 2.00 bits per heavy atom. The lowest BCUT2D eigenvalue weighted by Crippen LogP contribution is -2.29. The third kappa shape index (κ3) is 4.27. The number of halogens is 1. The third-order valence-electron chi connectivity index (χ3n) is 3.76. The predicted molar refractivity (Wildman–Crippen MR) is 86.6 cm³/mol. The minimum absolute atomic E-state index is 0.280. The van der Waals surface area contributed by atoms with Crippen molar-refractivity contribution in [2.75, 3.05) is 11.3 Å². The molecule has 4 nitrogen and oxygen atoms in total. The third-order valence-corrected chi connectivity index (χ3v) is 5.91. The van der Waals surface area contributed by atoms with Crippen LogP contribution in [-0.2, 0) is 15.9 Å². The van der Waals surface area contributed by atoms with Crippen LogP contribution in [0.2, 0.25) is 0 Å². The topological polar surface area (TPSA) is 55.4 Å². The molecular weight excluding hydrogens is 310 g/mol. The van der Waals surface area contributed by atoms with Gasteiger partial charge in [0.25, 0.3) is 0 Å². The van der Waals surface area contributed by atoms with Gasteiger partial charge in [0.05, 0.1) is 17.7 Å². The molecule has 118 valence electrons. The van der Waals surface area contributed by atoms with E-state index < -0.39 is 10.0 Å². The first-order chi connectivity index (χ1) is 10.1. The molecular formula is C15H22ClNO3S. The maximum Gasteiger partial charge on any atom is 0.235 e. The van der Waals surface area contributed by atoms with Crippen molar-refractivity contribution in [3.05, 3.63) is 23.8 Å². The van der Waals surface area contributed by atoms with Crippen molar-refractivity contribution in [2.45, 2.75) is 50.2 Å². The number of anilines is 1. The summed E-state index contributed by atoms with van der Waals surface area (Å²) in [6.45, 7) is 2.45. The highest BCUT2D eigenvalue weighted by Gasteiger charge is 2.27. The van der Waals surface area contributed by atoms with Crippen LogP contribution < -0.4 is 9.46 Å². The van der Waals surface area contributed by atoms with Gasteiger partial charge in [-0.2, -0.15) is 0 Å². The maximum atomic E-state index is 12.4. The van der Waals surface area contributed by atoms with Gasteiger partial charge in [-0.3, -0.25) is 4.72 Å². The van der Waals surface area contributed by atoms with Gasteiger partial charge in [-0.15, -0.1) is 11.6 Å². The van der Waals surface area contributed by atoms with Crippen molar-refractivity contribution in [2.24, 2.45) is 0 Å². The molecule has 1 aliphatic rings. The van der Waals surface area contributed by atoms with E-state index in [0.29, 0.717) is 18.0 Å². The zero-order valence-electron chi connectivity index (χ0n) is 12.3. The van der Waals surface area contributed by atoms with E-state index in [1.165, 1.54) is 0 Å². The Morgan fingerprint density at radius 3 is 2.62 bits per heavy atom. The first-order valence-electron chi connectivity index (χ1n) is 7.40. The van der Waals surface area contributed by atoms with Crippen molar-refractivity contribution in [3.8, 4) is 5.75 Å². The first-order valence-corrected chi connectivity index (χ1v) is 9.48.